The Labute approximate surface area is 117 Å². The summed E-state index contributed by atoms with van der Waals surface area (Å²) in [4.78, 5) is 16.0. The molecule has 0 aliphatic heterocycles. The van der Waals surface area contributed by atoms with E-state index in [9.17, 15) is 4.79 Å². The zero-order chi connectivity index (χ0) is 13.7. The Kier molecular flexibility index (Phi) is 4.47. The lowest BCUT2D eigenvalue weighted by atomic mass is 10.1. The van der Waals surface area contributed by atoms with Gasteiger partial charge in [0.2, 0.25) is 5.91 Å². The highest BCUT2D eigenvalue weighted by Crippen LogP contribution is 2.11. The molecule has 19 heavy (non-hydrogen) atoms. The molecule has 0 saturated heterocycles. The number of aromatic nitrogens is 1. The summed E-state index contributed by atoms with van der Waals surface area (Å²) < 4.78 is 0. The van der Waals surface area contributed by atoms with Crippen LogP contribution in [0, 0.1) is 6.92 Å². The molecule has 0 fully saturated rings. The molecule has 3 nitrogen and oxygen atoms in total. The minimum absolute atomic E-state index is 0.144. The van der Waals surface area contributed by atoms with Gasteiger partial charge in [0.25, 0.3) is 0 Å². The molecule has 0 atom stereocenters. The number of carbonyl (C=O) groups is 1. The number of benzene rings is 1. The lowest BCUT2D eigenvalue weighted by Crippen LogP contribution is -2.07. The summed E-state index contributed by atoms with van der Waals surface area (Å²) in [7, 11) is 0. The summed E-state index contributed by atoms with van der Waals surface area (Å²) in [5, 5.41) is 5.74. The van der Waals surface area contributed by atoms with E-state index >= 15 is 0 Å². The minimum Gasteiger partial charge on any atom is -0.323 e. The first-order valence-corrected chi connectivity index (χ1v) is 7.05. The van der Waals surface area contributed by atoms with Crippen molar-refractivity contribution in [3.05, 3.63) is 52.0 Å². The molecule has 1 aromatic heterocycles. The van der Waals surface area contributed by atoms with Crippen molar-refractivity contribution < 1.29 is 4.79 Å². The van der Waals surface area contributed by atoms with Gasteiger partial charge in [-0.1, -0.05) is 19.1 Å². The van der Waals surface area contributed by atoms with E-state index in [-0.39, 0.29) is 5.91 Å². The molecule has 0 spiro atoms. The van der Waals surface area contributed by atoms with Gasteiger partial charge in [0, 0.05) is 17.1 Å². The van der Waals surface area contributed by atoms with Crippen LogP contribution in [0.25, 0.3) is 6.08 Å². The third-order valence-corrected chi connectivity index (χ3v) is 3.46. The Bertz CT molecular complexity index is 584. The number of nitrogens with one attached hydrogen (secondary N) is 1. The number of hydrogen-bond acceptors (Lipinski definition) is 3. The van der Waals surface area contributed by atoms with E-state index < -0.39 is 0 Å². The lowest BCUT2D eigenvalue weighted by molar-refractivity contribution is -0.111. The van der Waals surface area contributed by atoms with Gasteiger partial charge in [-0.05, 0) is 37.1 Å². The van der Waals surface area contributed by atoms with Crippen molar-refractivity contribution >= 4 is 29.0 Å². The molecule has 0 radical (unpaired) electrons. The molecule has 98 valence electrons. The van der Waals surface area contributed by atoms with E-state index in [1.165, 1.54) is 11.6 Å². The minimum atomic E-state index is -0.144. The Morgan fingerprint density at radius 3 is 2.68 bits per heavy atom. The van der Waals surface area contributed by atoms with Crippen LogP contribution in [0.1, 0.15) is 23.2 Å². The van der Waals surface area contributed by atoms with Gasteiger partial charge in [-0.2, -0.15) is 0 Å². The average Bonchev–Trinajstić information content (AvgIpc) is 2.83. The second-order valence-corrected chi connectivity index (χ2v) is 5.23. The SMILES string of the molecule is CCc1ccc(NC(=O)/C=C/c2csc(C)n2)cc1. The van der Waals surface area contributed by atoms with E-state index in [1.807, 2.05) is 36.6 Å². The van der Waals surface area contributed by atoms with Crippen molar-refractivity contribution in [3.63, 3.8) is 0 Å². The van der Waals surface area contributed by atoms with Gasteiger partial charge in [0.1, 0.15) is 0 Å². The topological polar surface area (TPSA) is 42.0 Å². The molecule has 1 amide bonds. The molecule has 0 bridgehead atoms. The molecule has 2 aromatic rings. The van der Waals surface area contributed by atoms with Crippen LogP contribution < -0.4 is 5.32 Å². The van der Waals surface area contributed by atoms with Crippen molar-refractivity contribution in [2.24, 2.45) is 0 Å². The monoisotopic (exact) mass is 272 g/mol. The van der Waals surface area contributed by atoms with Crippen LogP contribution in [-0.2, 0) is 11.2 Å². The Morgan fingerprint density at radius 1 is 1.37 bits per heavy atom. The van der Waals surface area contributed by atoms with Crippen LogP contribution in [0.5, 0.6) is 0 Å². The van der Waals surface area contributed by atoms with Crippen LogP contribution in [0.3, 0.4) is 0 Å². The second kappa shape index (κ2) is 6.29. The van der Waals surface area contributed by atoms with Gasteiger partial charge < -0.3 is 5.32 Å². The summed E-state index contributed by atoms with van der Waals surface area (Å²) in [6.07, 6.45) is 4.22. The maximum absolute atomic E-state index is 11.7. The van der Waals surface area contributed by atoms with Crippen LogP contribution in [0.15, 0.2) is 35.7 Å². The first-order valence-electron chi connectivity index (χ1n) is 6.17. The van der Waals surface area contributed by atoms with Crippen LogP contribution in [0.4, 0.5) is 5.69 Å². The molecule has 0 unspecified atom stereocenters. The van der Waals surface area contributed by atoms with Crippen molar-refractivity contribution in [2.45, 2.75) is 20.3 Å². The molecule has 0 aliphatic carbocycles. The number of amides is 1. The van der Waals surface area contributed by atoms with Gasteiger partial charge in [0.15, 0.2) is 0 Å². The van der Waals surface area contributed by atoms with Gasteiger partial charge in [-0.15, -0.1) is 11.3 Å². The smallest absolute Gasteiger partial charge is 0.248 e. The van der Waals surface area contributed by atoms with Gasteiger partial charge in [-0.3, -0.25) is 4.79 Å². The summed E-state index contributed by atoms with van der Waals surface area (Å²) in [6, 6.07) is 7.86. The fourth-order valence-electron chi connectivity index (χ4n) is 1.63. The van der Waals surface area contributed by atoms with E-state index in [1.54, 1.807) is 17.4 Å². The fourth-order valence-corrected chi connectivity index (χ4v) is 2.21. The highest BCUT2D eigenvalue weighted by molar-refractivity contribution is 7.09. The van der Waals surface area contributed by atoms with Crippen LogP contribution in [-0.4, -0.2) is 10.9 Å². The number of nitrogens with zero attached hydrogens (tertiary/aromatic N) is 1. The Morgan fingerprint density at radius 2 is 2.11 bits per heavy atom. The zero-order valence-corrected chi connectivity index (χ0v) is 11.8. The first-order chi connectivity index (χ1) is 9.17. The number of rotatable bonds is 4. The molecule has 1 aromatic carbocycles. The normalized spacial score (nSPS) is 10.8. The predicted molar refractivity (Wildman–Crippen MR) is 80.3 cm³/mol. The molecule has 0 saturated carbocycles. The van der Waals surface area contributed by atoms with Crippen LogP contribution >= 0.6 is 11.3 Å². The van der Waals surface area contributed by atoms with Crippen molar-refractivity contribution in [1.82, 2.24) is 4.98 Å². The largest absolute Gasteiger partial charge is 0.323 e. The van der Waals surface area contributed by atoms with E-state index in [2.05, 4.69) is 17.2 Å². The summed E-state index contributed by atoms with van der Waals surface area (Å²) in [6.45, 7) is 4.05. The molecule has 4 heteroatoms. The predicted octanol–water partition coefficient (Wildman–Crippen LogP) is 3.67. The summed E-state index contributed by atoms with van der Waals surface area (Å²) >= 11 is 1.57. The lowest BCUT2D eigenvalue weighted by Gasteiger charge is -2.02. The van der Waals surface area contributed by atoms with E-state index in [0.717, 1.165) is 22.8 Å². The van der Waals surface area contributed by atoms with E-state index in [0.29, 0.717) is 0 Å². The molecule has 0 aliphatic rings. The maximum Gasteiger partial charge on any atom is 0.248 e. The van der Waals surface area contributed by atoms with Gasteiger partial charge in [0.05, 0.1) is 10.7 Å². The molecular weight excluding hydrogens is 256 g/mol. The van der Waals surface area contributed by atoms with Crippen molar-refractivity contribution in [1.29, 1.82) is 0 Å². The molecule has 1 N–H and O–H groups in total. The second-order valence-electron chi connectivity index (χ2n) is 4.16. The third kappa shape index (κ3) is 4.03. The fraction of sp³-hybridized carbons (Fsp3) is 0.200. The quantitative estimate of drug-likeness (QED) is 0.863. The van der Waals surface area contributed by atoms with Crippen molar-refractivity contribution in [3.8, 4) is 0 Å². The van der Waals surface area contributed by atoms with Crippen LogP contribution in [0.2, 0.25) is 0 Å². The van der Waals surface area contributed by atoms with E-state index in [4.69, 9.17) is 0 Å². The maximum atomic E-state index is 11.7. The highest BCUT2D eigenvalue weighted by Gasteiger charge is 1.99. The number of carbonyl (C=O) groups excluding carboxylic acids is 1. The third-order valence-electron chi connectivity index (χ3n) is 2.67. The molecular formula is C15H16N2OS. The first kappa shape index (κ1) is 13.5. The number of hydrogen-bond donors (Lipinski definition) is 1. The summed E-state index contributed by atoms with van der Waals surface area (Å²) in [5.41, 5.74) is 2.88. The number of aryl methyl sites for hydroxylation is 2. The number of thiazole rings is 1. The van der Waals surface area contributed by atoms with Crippen molar-refractivity contribution in [2.75, 3.05) is 5.32 Å². The summed E-state index contributed by atoms with van der Waals surface area (Å²) in [5.74, 6) is -0.144. The molecule has 1 heterocycles. The van der Waals surface area contributed by atoms with Gasteiger partial charge in [-0.25, -0.2) is 4.98 Å². The zero-order valence-electron chi connectivity index (χ0n) is 11.0. The van der Waals surface area contributed by atoms with Gasteiger partial charge >= 0.3 is 0 Å². The Hall–Kier alpha value is -1.94. The average molecular weight is 272 g/mol. The Balaban J connectivity index is 1.95. The molecule has 2 rings (SSSR count). The highest BCUT2D eigenvalue weighted by atomic mass is 32.1. The standard InChI is InChI=1S/C15H16N2OS/c1-3-12-4-6-13(7-5-12)17-15(18)9-8-14-10-19-11(2)16-14/h4-10H,3H2,1-2H3,(H,17,18)/b9-8+. The number of anilines is 1.